The van der Waals surface area contributed by atoms with E-state index in [1.807, 2.05) is 19.9 Å². The van der Waals surface area contributed by atoms with E-state index in [1.54, 1.807) is 24.3 Å². The molecule has 1 aromatic rings. The second-order valence-corrected chi connectivity index (χ2v) is 3.24. The minimum absolute atomic E-state index is 0.117. The standard InChI is InChI=1S/C12H16O4/c1-3-14-10(2)9-15-12(13)16-11-7-5-4-6-8-11/h4-8,10H,3,9H2,1-2H3. The van der Waals surface area contributed by atoms with Gasteiger partial charge in [-0.15, -0.1) is 0 Å². The first-order chi connectivity index (χ1) is 7.72. The number of hydrogen-bond donors (Lipinski definition) is 0. The number of ether oxygens (including phenoxy) is 3. The Kier molecular flexibility index (Phi) is 5.36. The van der Waals surface area contributed by atoms with Gasteiger partial charge in [0.1, 0.15) is 12.4 Å². The summed E-state index contributed by atoms with van der Waals surface area (Å²) >= 11 is 0. The summed E-state index contributed by atoms with van der Waals surface area (Å²) in [5.74, 6) is 0.469. The highest BCUT2D eigenvalue weighted by Crippen LogP contribution is 2.09. The van der Waals surface area contributed by atoms with Crippen LogP contribution in [0.5, 0.6) is 5.75 Å². The first-order valence-corrected chi connectivity index (χ1v) is 5.23. The Hall–Kier alpha value is -1.55. The predicted octanol–water partition coefficient (Wildman–Crippen LogP) is 2.63. The molecule has 0 saturated heterocycles. The third-order valence-corrected chi connectivity index (χ3v) is 1.83. The molecule has 0 fully saturated rings. The Morgan fingerprint density at radius 1 is 1.31 bits per heavy atom. The van der Waals surface area contributed by atoms with Crippen molar-refractivity contribution in [3.63, 3.8) is 0 Å². The van der Waals surface area contributed by atoms with Crippen molar-refractivity contribution in [2.24, 2.45) is 0 Å². The number of hydrogen-bond acceptors (Lipinski definition) is 4. The van der Waals surface area contributed by atoms with Crippen LogP contribution in [0, 0.1) is 0 Å². The molecule has 0 radical (unpaired) electrons. The van der Waals surface area contributed by atoms with Crippen molar-refractivity contribution in [3.05, 3.63) is 30.3 Å². The minimum Gasteiger partial charge on any atom is -0.431 e. The molecule has 0 aliphatic rings. The van der Waals surface area contributed by atoms with E-state index in [9.17, 15) is 4.79 Å². The smallest absolute Gasteiger partial charge is 0.431 e. The summed E-state index contributed by atoms with van der Waals surface area (Å²) in [5, 5.41) is 0. The van der Waals surface area contributed by atoms with Gasteiger partial charge in [-0.3, -0.25) is 0 Å². The quantitative estimate of drug-likeness (QED) is 0.569. The molecule has 16 heavy (non-hydrogen) atoms. The normalized spacial score (nSPS) is 11.9. The molecule has 1 unspecified atom stereocenters. The van der Waals surface area contributed by atoms with Gasteiger partial charge in [-0.2, -0.15) is 0 Å². The molecule has 0 heterocycles. The van der Waals surface area contributed by atoms with Gasteiger partial charge >= 0.3 is 6.16 Å². The van der Waals surface area contributed by atoms with Crippen LogP contribution >= 0.6 is 0 Å². The highest BCUT2D eigenvalue weighted by molar-refractivity contribution is 5.63. The Balaban J connectivity index is 2.26. The van der Waals surface area contributed by atoms with Gasteiger partial charge < -0.3 is 14.2 Å². The average molecular weight is 224 g/mol. The number of carbonyl (C=O) groups excluding carboxylic acids is 1. The third-order valence-electron chi connectivity index (χ3n) is 1.83. The Morgan fingerprint density at radius 2 is 2.00 bits per heavy atom. The maximum absolute atomic E-state index is 11.2. The van der Waals surface area contributed by atoms with Gasteiger partial charge in [0, 0.05) is 6.61 Å². The molecule has 4 heteroatoms. The first kappa shape index (κ1) is 12.5. The lowest BCUT2D eigenvalue weighted by molar-refractivity contribution is 0.00969. The molecule has 0 amide bonds. The minimum atomic E-state index is -0.710. The summed E-state index contributed by atoms with van der Waals surface area (Å²) in [6, 6.07) is 8.78. The van der Waals surface area contributed by atoms with Crippen molar-refractivity contribution in [1.29, 1.82) is 0 Å². The van der Waals surface area contributed by atoms with Crippen LogP contribution < -0.4 is 4.74 Å². The van der Waals surface area contributed by atoms with Gasteiger partial charge in [0.05, 0.1) is 6.10 Å². The molecule has 1 aromatic carbocycles. The van der Waals surface area contributed by atoms with Crippen LogP contribution in [0.3, 0.4) is 0 Å². The summed E-state index contributed by atoms with van der Waals surface area (Å²) in [6.07, 6.45) is -0.828. The maximum Gasteiger partial charge on any atom is 0.513 e. The molecule has 4 nitrogen and oxygen atoms in total. The molecule has 0 bridgehead atoms. The summed E-state index contributed by atoms with van der Waals surface area (Å²) in [5.41, 5.74) is 0. The van der Waals surface area contributed by atoms with Crippen LogP contribution in [0.2, 0.25) is 0 Å². The van der Waals surface area contributed by atoms with E-state index in [0.717, 1.165) is 0 Å². The fourth-order valence-electron chi connectivity index (χ4n) is 1.13. The molecule has 88 valence electrons. The van der Waals surface area contributed by atoms with E-state index in [1.165, 1.54) is 0 Å². The largest absolute Gasteiger partial charge is 0.513 e. The lowest BCUT2D eigenvalue weighted by Gasteiger charge is -2.11. The van der Waals surface area contributed by atoms with Crippen molar-refractivity contribution < 1.29 is 19.0 Å². The molecule has 1 atom stereocenters. The second kappa shape index (κ2) is 6.85. The third kappa shape index (κ3) is 4.79. The van der Waals surface area contributed by atoms with Gasteiger partial charge in [-0.1, -0.05) is 18.2 Å². The Labute approximate surface area is 95.1 Å². The monoisotopic (exact) mass is 224 g/mol. The second-order valence-electron chi connectivity index (χ2n) is 3.24. The van der Waals surface area contributed by atoms with Crippen molar-refractivity contribution in [2.75, 3.05) is 13.2 Å². The number of para-hydroxylation sites is 1. The van der Waals surface area contributed by atoms with E-state index in [-0.39, 0.29) is 12.7 Å². The summed E-state index contributed by atoms with van der Waals surface area (Å²) in [7, 11) is 0. The van der Waals surface area contributed by atoms with Crippen molar-refractivity contribution >= 4 is 6.16 Å². The molecule has 0 spiro atoms. The van der Waals surface area contributed by atoms with Crippen molar-refractivity contribution in [1.82, 2.24) is 0 Å². The van der Waals surface area contributed by atoms with Gasteiger partial charge in [-0.25, -0.2) is 4.79 Å². The lowest BCUT2D eigenvalue weighted by atomic mass is 10.3. The van der Waals surface area contributed by atoms with E-state index in [2.05, 4.69) is 0 Å². The molecular formula is C12H16O4. The van der Waals surface area contributed by atoms with Crippen LogP contribution in [-0.4, -0.2) is 25.5 Å². The summed E-state index contributed by atoms with van der Waals surface area (Å²) < 4.78 is 15.0. The zero-order valence-corrected chi connectivity index (χ0v) is 9.51. The van der Waals surface area contributed by atoms with Crippen LogP contribution in [0.4, 0.5) is 4.79 Å². The molecule has 0 N–H and O–H groups in total. The highest BCUT2D eigenvalue weighted by Gasteiger charge is 2.08. The van der Waals surface area contributed by atoms with Crippen LogP contribution in [0.25, 0.3) is 0 Å². The zero-order valence-electron chi connectivity index (χ0n) is 9.51. The SMILES string of the molecule is CCOC(C)COC(=O)Oc1ccccc1. The highest BCUT2D eigenvalue weighted by atomic mass is 16.7. The van der Waals surface area contributed by atoms with Crippen LogP contribution in [-0.2, 0) is 9.47 Å². The van der Waals surface area contributed by atoms with Gasteiger partial charge in [0.15, 0.2) is 0 Å². The number of rotatable bonds is 5. The Morgan fingerprint density at radius 3 is 2.62 bits per heavy atom. The van der Waals surface area contributed by atoms with Gasteiger partial charge in [0.2, 0.25) is 0 Å². The van der Waals surface area contributed by atoms with Gasteiger partial charge in [-0.05, 0) is 26.0 Å². The molecule has 0 aromatic heterocycles. The topological polar surface area (TPSA) is 44.8 Å². The van der Waals surface area contributed by atoms with Gasteiger partial charge in [0.25, 0.3) is 0 Å². The molecular weight excluding hydrogens is 208 g/mol. The number of carbonyl (C=O) groups is 1. The lowest BCUT2D eigenvalue weighted by Crippen LogP contribution is -2.20. The molecule has 0 saturated carbocycles. The number of benzene rings is 1. The molecule has 0 aliphatic carbocycles. The Bertz CT molecular complexity index is 310. The fraction of sp³-hybridized carbons (Fsp3) is 0.417. The van der Waals surface area contributed by atoms with Crippen molar-refractivity contribution in [2.45, 2.75) is 20.0 Å². The van der Waals surface area contributed by atoms with Crippen LogP contribution in [0.1, 0.15) is 13.8 Å². The van der Waals surface area contributed by atoms with E-state index in [0.29, 0.717) is 12.4 Å². The van der Waals surface area contributed by atoms with Crippen LogP contribution in [0.15, 0.2) is 30.3 Å². The zero-order chi connectivity index (χ0) is 11.8. The molecule has 0 aliphatic heterocycles. The molecule has 1 rings (SSSR count). The fourth-order valence-corrected chi connectivity index (χ4v) is 1.13. The summed E-state index contributed by atoms with van der Waals surface area (Å²) in [6.45, 7) is 4.51. The maximum atomic E-state index is 11.2. The van der Waals surface area contributed by atoms with E-state index >= 15 is 0 Å². The first-order valence-electron chi connectivity index (χ1n) is 5.23. The van der Waals surface area contributed by atoms with Crippen molar-refractivity contribution in [3.8, 4) is 5.75 Å². The average Bonchev–Trinajstić information content (AvgIpc) is 2.28. The summed E-state index contributed by atoms with van der Waals surface area (Å²) in [4.78, 5) is 11.2. The predicted molar refractivity (Wildman–Crippen MR) is 59.5 cm³/mol. The van der Waals surface area contributed by atoms with E-state index in [4.69, 9.17) is 14.2 Å². The van der Waals surface area contributed by atoms with E-state index < -0.39 is 6.16 Å².